The van der Waals surface area contributed by atoms with E-state index in [4.69, 9.17) is 9.84 Å². The molecule has 0 spiro atoms. The predicted octanol–water partition coefficient (Wildman–Crippen LogP) is 1.96. The Morgan fingerprint density at radius 1 is 1.47 bits per heavy atom. The molecule has 1 rings (SSSR count). The molecule has 0 radical (unpaired) electrons. The molecule has 0 unspecified atom stereocenters. The minimum atomic E-state index is -1.17. The van der Waals surface area contributed by atoms with E-state index in [-0.39, 0.29) is 22.5 Å². The number of nitrogens with zero attached hydrogens (tertiary/aromatic N) is 2. The van der Waals surface area contributed by atoms with Gasteiger partial charge in [0.05, 0.1) is 11.0 Å². The van der Waals surface area contributed by atoms with Gasteiger partial charge in [0.25, 0.3) is 0 Å². The highest BCUT2D eigenvalue weighted by Gasteiger charge is 2.17. The van der Waals surface area contributed by atoms with E-state index in [2.05, 4.69) is 31.2 Å². The van der Waals surface area contributed by atoms with E-state index in [0.29, 0.717) is 0 Å². The summed E-state index contributed by atoms with van der Waals surface area (Å²) >= 11 is 3.03. The van der Waals surface area contributed by atoms with Gasteiger partial charge < -0.3 is 15.2 Å². The van der Waals surface area contributed by atoms with Gasteiger partial charge in [0.2, 0.25) is 0 Å². The molecule has 2 N–H and O–H groups in total. The number of hydrogen-bond donors (Lipinski definition) is 2. The van der Waals surface area contributed by atoms with E-state index >= 15 is 0 Å². The van der Waals surface area contributed by atoms with E-state index < -0.39 is 17.7 Å². The molecule has 0 aliphatic rings. The summed E-state index contributed by atoms with van der Waals surface area (Å²) in [5.74, 6) is -0.987. The first kappa shape index (κ1) is 15.4. The number of rotatable bonds is 3. The van der Waals surface area contributed by atoms with Crippen molar-refractivity contribution in [2.45, 2.75) is 32.9 Å². The highest BCUT2D eigenvalue weighted by Crippen LogP contribution is 2.13. The molecule has 1 aromatic heterocycles. The Labute approximate surface area is 118 Å². The van der Waals surface area contributed by atoms with Crippen molar-refractivity contribution in [3.63, 3.8) is 0 Å². The maximum absolute atomic E-state index is 11.4. The Bertz CT molecular complexity index is 499. The number of amides is 1. The SMILES string of the molecule is CC(C)(C)OC(=O)NCc1ncc(Br)c(C(=O)O)n1. The highest BCUT2D eigenvalue weighted by atomic mass is 79.9. The van der Waals surface area contributed by atoms with E-state index in [1.54, 1.807) is 20.8 Å². The number of carboxylic acid groups (broad SMARTS) is 1. The molecule has 0 aliphatic heterocycles. The second-order valence-electron chi connectivity index (χ2n) is 4.64. The topological polar surface area (TPSA) is 101 Å². The van der Waals surface area contributed by atoms with Gasteiger partial charge in [-0.05, 0) is 36.7 Å². The van der Waals surface area contributed by atoms with Gasteiger partial charge in [-0.15, -0.1) is 0 Å². The zero-order valence-electron chi connectivity index (χ0n) is 10.7. The average Bonchev–Trinajstić information content (AvgIpc) is 2.25. The summed E-state index contributed by atoms with van der Waals surface area (Å²) in [5.41, 5.74) is -0.757. The number of halogens is 1. The Kier molecular flexibility index (Phi) is 4.82. The average molecular weight is 332 g/mol. The molecule has 0 fully saturated rings. The van der Waals surface area contributed by atoms with Gasteiger partial charge in [0, 0.05) is 6.20 Å². The van der Waals surface area contributed by atoms with Crippen LogP contribution in [0.25, 0.3) is 0 Å². The molecular weight excluding hydrogens is 318 g/mol. The fourth-order valence-electron chi connectivity index (χ4n) is 1.10. The van der Waals surface area contributed by atoms with E-state index in [9.17, 15) is 9.59 Å². The Balaban J connectivity index is 2.66. The predicted molar refractivity (Wildman–Crippen MR) is 69.8 cm³/mol. The van der Waals surface area contributed by atoms with E-state index in [1.165, 1.54) is 6.20 Å². The number of carbonyl (C=O) groups excluding carboxylic acids is 1. The number of nitrogens with one attached hydrogen (secondary N) is 1. The molecule has 1 aromatic rings. The summed E-state index contributed by atoms with van der Waals surface area (Å²) in [5, 5.41) is 11.3. The number of carbonyl (C=O) groups is 2. The quantitative estimate of drug-likeness (QED) is 0.877. The van der Waals surface area contributed by atoms with Crippen LogP contribution in [0.4, 0.5) is 4.79 Å². The number of carboxylic acids is 1. The van der Waals surface area contributed by atoms with E-state index in [1.807, 2.05) is 0 Å². The summed E-state index contributed by atoms with van der Waals surface area (Å²) in [6.45, 7) is 5.21. The molecule has 0 saturated carbocycles. The van der Waals surface area contributed by atoms with Crippen LogP contribution >= 0.6 is 15.9 Å². The van der Waals surface area contributed by atoms with Crippen molar-refractivity contribution in [3.05, 3.63) is 22.2 Å². The lowest BCUT2D eigenvalue weighted by molar-refractivity contribution is 0.0522. The molecule has 8 heteroatoms. The first-order valence-corrected chi connectivity index (χ1v) is 6.20. The molecule has 7 nitrogen and oxygen atoms in total. The minimum Gasteiger partial charge on any atom is -0.476 e. The molecule has 0 atom stereocenters. The van der Waals surface area contributed by atoms with Gasteiger partial charge in [-0.3, -0.25) is 0 Å². The molecule has 104 valence electrons. The lowest BCUT2D eigenvalue weighted by atomic mass is 10.2. The summed E-state index contributed by atoms with van der Waals surface area (Å²) < 4.78 is 5.31. The van der Waals surface area contributed by atoms with Gasteiger partial charge in [-0.2, -0.15) is 0 Å². The first-order chi connectivity index (χ1) is 8.69. The van der Waals surface area contributed by atoms with Gasteiger partial charge in [0.15, 0.2) is 5.69 Å². The van der Waals surface area contributed by atoms with Crippen LogP contribution in [0.15, 0.2) is 10.7 Å². The van der Waals surface area contributed by atoms with Crippen molar-refractivity contribution in [1.82, 2.24) is 15.3 Å². The van der Waals surface area contributed by atoms with E-state index in [0.717, 1.165) is 0 Å². The van der Waals surface area contributed by atoms with Gasteiger partial charge in [0.1, 0.15) is 11.4 Å². The molecule has 1 heterocycles. The van der Waals surface area contributed by atoms with Crippen molar-refractivity contribution in [2.75, 3.05) is 0 Å². The highest BCUT2D eigenvalue weighted by molar-refractivity contribution is 9.10. The molecule has 0 bridgehead atoms. The van der Waals surface area contributed by atoms with Crippen LogP contribution < -0.4 is 5.32 Å². The lowest BCUT2D eigenvalue weighted by Gasteiger charge is -2.19. The van der Waals surface area contributed by atoms with Crippen LogP contribution in [-0.4, -0.2) is 32.7 Å². The van der Waals surface area contributed by atoms with Gasteiger partial charge in [-0.1, -0.05) is 0 Å². The van der Waals surface area contributed by atoms with Gasteiger partial charge >= 0.3 is 12.1 Å². The number of hydrogen-bond acceptors (Lipinski definition) is 5. The standard InChI is InChI=1S/C11H14BrN3O4/c1-11(2,3)19-10(18)14-5-7-13-4-6(12)8(15-7)9(16)17/h4H,5H2,1-3H3,(H,14,18)(H,16,17). The number of ether oxygens (including phenoxy) is 1. The van der Waals surface area contributed by atoms with Crippen LogP contribution in [0.5, 0.6) is 0 Å². The monoisotopic (exact) mass is 331 g/mol. The number of aromatic nitrogens is 2. The summed E-state index contributed by atoms with van der Waals surface area (Å²) in [7, 11) is 0. The summed E-state index contributed by atoms with van der Waals surface area (Å²) in [6, 6.07) is 0. The first-order valence-electron chi connectivity index (χ1n) is 5.40. The summed E-state index contributed by atoms with van der Waals surface area (Å²) in [6.07, 6.45) is 0.707. The largest absolute Gasteiger partial charge is 0.476 e. The minimum absolute atomic E-state index is 0.0114. The second-order valence-corrected chi connectivity index (χ2v) is 5.50. The normalized spacial score (nSPS) is 10.9. The Morgan fingerprint density at radius 3 is 2.63 bits per heavy atom. The number of alkyl carbamates (subject to hydrolysis) is 1. The van der Waals surface area contributed by atoms with Crippen molar-refractivity contribution in [3.8, 4) is 0 Å². The van der Waals surface area contributed by atoms with Crippen LogP contribution in [-0.2, 0) is 11.3 Å². The molecular formula is C11H14BrN3O4. The maximum Gasteiger partial charge on any atom is 0.408 e. The van der Waals surface area contributed by atoms with Crippen molar-refractivity contribution in [1.29, 1.82) is 0 Å². The third kappa shape index (κ3) is 5.21. The molecule has 19 heavy (non-hydrogen) atoms. The third-order valence-electron chi connectivity index (χ3n) is 1.79. The van der Waals surface area contributed by atoms with Crippen molar-refractivity contribution < 1.29 is 19.4 Å². The molecule has 0 aliphatic carbocycles. The molecule has 0 aromatic carbocycles. The van der Waals surface area contributed by atoms with Crippen LogP contribution in [0.3, 0.4) is 0 Å². The lowest BCUT2D eigenvalue weighted by Crippen LogP contribution is -2.32. The zero-order valence-corrected chi connectivity index (χ0v) is 12.3. The Morgan fingerprint density at radius 2 is 2.11 bits per heavy atom. The fraction of sp³-hybridized carbons (Fsp3) is 0.455. The zero-order chi connectivity index (χ0) is 14.6. The van der Waals surface area contributed by atoms with Crippen LogP contribution in [0.2, 0.25) is 0 Å². The second kappa shape index (κ2) is 5.96. The maximum atomic E-state index is 11.4. The fourth-order valence-corrected chi connectivity index (χ4v) is 1.46. The van der Waals surface area contributed by atoms with Crippen LogP contribution in [0, 0.1) is 0 Å². The van der Waals surface area contributed by atoms with Gasteiger partial charge in [-0.25, -0.2) is 19.6 Å². The Hall–Kier alpha value is -1.70. The smallest absolute Gasteiger partial charge is 0.408 e. The summed E-state index contributed by atoms with van der Waals surface area (Å²) in [4.78, 5) is 30.0. The molecule has 0 saturated heterocycles. The van der Waals surface area contributed by atoms with Crippen molar-refractivity contribution in [2.24, 2.45) is 0 Å². The van der Waals surface area contributed by atoms with Crippen LogP contribution in [0.1, 0.15) is 37.1 Å². The third-order valence-corrected chi connectivity index (χ3v) is 2.37. The number of aromatic carboxylic acids is 1. The van der Waals surface area contributed by atoms with Crippen molar-refractivity contribution >= 4 is 28.0 Å². The molecule has 1 amide bonds.